The largest absolute Gasteiger partial charge is 0.394 e. The van der Waals surface area contributed by atoms with Crippen LogP contribution < -0.4 is 5.32 Å². The fourth-order valence-corrected chi connectivity index (χ4v) is 4.86. The summed E-state index contributed by atoms with van der Waals surface area (Å²) >= 11 is 0. The van der Waals surface area contributed by atoms with Gasteiger partial charge in [-0.05, 0) is 6.92 Å². The minimum atomic E-state index is -1.73. The van der Waals surface area contributed by atoms with E-state index >= 15 is 0 Å². The number of rotatable bonds is 9. The zero-order valence-electron chi connectivity index (χ0n) is 21.5. The average molecular weight is 558 g/mol. The molecular formula is C22H39NO15. The minimum Gasteiger partial charge on any atom is -0.394 e. The summed E-state index contributed by atoms with van der Waals surface area (Å²) in [6.45, 7) is 1.40. The van der Waals surface area contributed by atoms with Crippen LogP contribution in [-0.4, -0.2) is 161 Å². The van der Waals surface area contributed by atoms with Crippen molar-refractivity contribution in [1.82, 2.24) is 5.32 Å². The lowest BCUT2D eigenvalue weighted by atomic mass is 9.94. The SMILES string of the molecule is CO[C@@H]1O[C@H](CO)[C@@H](O[C@@H]2O[C@H](CO)[C@H](OC)[C@H](O)[C@H]2O)[C@H](O[C@@H]2O[C@@H](C)[C@@H](O)[C@@H](O)[C@@H]2O)[C@H]1NC(C)=O. The van der Waals surface area contributed by atoms with Crippen LogP contribution in [0.3, 0.4) is 0 Å². The molecule has 0 aliphatic carbocycles. The first-order valence-electron chi connectivity index (χ1n) is 12.2. The first kappa shape index (κ1) is 31.4. The molecule has 0 bridgehead atoms. The van der Waals surface area contributed by atoms with Crippen LogP contribution in [0, 0.1) is 0 Å². The molecule has 3 fully saturated rings. The summed E-state index contributed by atoms with van der Waals surface area (Å²) in [6, 6.07) is -1.15. The average Bonchev–Trinajstić information content (AvgIpc) is 2.89. The first-order chi connectivity index (χ1) is 18.0. The molecule has 16 nitrogen and oxygen atoms in total. The number of aliphatic hydroxyl groups is 7. The highest BCUT2D eigenvalue weighted by molar-refractivity contribution is 5.73. The molecule has 8 N–H and O–H groups in total. The second kappa shape index (κ2) is 13.5. The van der Waals surface area contributed by atoms with E-state index in [4.69, 9.17) is 33.2 Å². The van der Waals surface area contributed by atoms with Gasteiger partial charge in [0.05, 0.1) is 19.3 Å². The first-order valence-corrected chi connectivity index (χ1v) is 12.2. The van der Waals surface area contributed by atoms with Crippen molar-refractivity contribution in [3.63, 3.8) is 0 Å². The van der Waals surface area contributed by atoms with E-state index in [1.165, 1.54) is 28.1 Å². The van der Waals surface area contributed by atoms with Gasteiger partial charge in [-0.25, -0.2) is 0 Å². The topological polar surface area (TPSA) is 235 Å². The van der Waals surface area contributed by atoms with E-state index in [1.54, 1.807) is 0 Å². The lowest BCUT2D eigenvalue weighted by Crippen LogP contribution is -2.69. The molecule has 1 amide bonds. The van der Waals surface area contributed by atoms with Gasteiger partial charge >= 0.3 is 0 Å². The molecule has 0 aromatic carbocycles. The molecule has 0 saturated carbocycles. The zero-order chi connectivity index (χ0) is 28.3. The summed E-state index contributed by atoms with van der Waals surface area (Å²) < 4.78 is 39.3. The predicted molar refractivity (Wildman–Crippen MR) is 121 cm³/mol. The molecule has 38 heavy (non-hydrogen) atoms. The maximum atomic E-state index is 12.1. The minimum absolute atomic E-state index is 0.531. The summed E-state index contributed by atoms with van der Waals surface area (Å²) in [5, 5.41) is 74.4. The monoisotopic (exact) mass is 557 g/mol. The third-order valence-electron chi connectivity index (χ3n) is 6.91. The summed E-state index contributed by atoms with van der Waals surface area (Å²) in [5.41, 5.74) is 0. The number of carbonyl (C=O) groups is 1. The van der Waals surface area contributed by atoms with Crippen molar-refractivity contribution in [3.05, 3.63) is 0 Å². The second-order valence-electron chi connectivity index (χ2n) is 9.48. The highest BCUT2D eigenvalue weighted by Crippen LogP contribution is 2.33. The Morgan fingerprint density at radius 2 is 1.24 bits per heavy atom. The summed E-state index contributed by atoms with van der Waals surface area (Å²) in [5.74, 6) is -0.531. The summed E-state index contributed by atoms with van der Waals surface area (Å²) in [7, 11) is 2.54. The maximum absolute atomic E-state index is 12.1. The zero-order valence-corrected chi connectivity index (χ0v) is 21.5. The molecule has 0 aromatic rings. The molecule has 0 aromatic heterocycles. The van der Waals surface area contributed by atoms with Gasteiger partial charge in [0.2, 0.25) is 5.91 Å². The Labute approximate surface area is 218 Å². The van der Waals surface area contributed by atoms with E-state index in [9.17, 15) is 40.5 Å². The molecule has 15 atom stereocenters. The quantitative estimate of drug-likeness (QED) is 0.132. The van der Waals surface area contributed by atoms with Gasteiger partial charge in [-0.2, -0.15) is 0 Å². The van der Waals surface area contributed by atoms with Crippen LogP contribution in [0.1, 0.15) is 13.8 Å². The van der Waals surface area contributed by atoms with E-state index in [2.05, 4.69) is 5.32 Å². The van der Waals surface area contributed by atoms with Crippen LogP contribution in [0.25, 0.3) is 0 Å². The van der Waals surface area contributed by atoms with Gasteiger partial charge in [0, 0.05) is 21.1 Å². The van der Waals surface area contributed by atoms with Crippen LogP contribution >= 0.6 is 0 Å². The van der Waals surface area contributed by atoms with Crippen molar-refractivity contribution in [3.8, 4) is 0 Å². The Kier molecular flexibility index (Phi) is 11.2. The molecule has 3 rings (SSSR count). The number of nitrogens with one attached hydrogen (secondary N) is 1. The number of aliphatic hydroxyl groups excluding tert-OH is 7. The smallest absolute Gasteiger partial charge is 0.217 e. The van der Waals surface area contributed by atoms with E-state index in [0.29, 0.717) is 0 Å². The Morgan fingerprint density at radius 3 is 1.79 bits per heavy atom. The van der Waals surface area contributed by atoms with Crippen molar-refractivity contribution < 1.29 is 73.7 Å². The molecule has 3 aliphatic heterocycles. The van der Waals surface area contributed by atoms with Crippen LogP contribution in [0.5, 0.6) is 0 Å². The fourth-order valence-electron chi connectivity index (χ4n) is 4.86. The fraction of sp³-hybridized carbons (Fsp3) is 0.955. The molecular weight excluding hydrogens is 518 g/mol. The number of carbonyl (C=O) groups excluding carboxylic acids is 1. The van der Waals surface area contributed by atoms with Gasteiger partial charge < -0.3 is 74.2 Å². The van der Waals surface area contributed by atoms with Crippen molar-refractivity contribution >= 4 is 5.91 Å². The van der Waals surface area contributed by atoms with Gasteiger partial charge in [-0.3, -0.25) is 4.79 Å². The van der Waals surface area contributed by atoms with Crippen molar-refractivity contribution in [2.24, 2.45) is 0 Å². The molecule has 0 spiro atoms. The number of amides is 1. The van der Waals surface area contributed by atoms with Gasteiger partial charge in [-0.1, -0.05) is 0 Å². The van der Waals surface area contributed by atoms with Crippen LogP contribution in [0.4, 0.5) is 0 Å². The summed E-state index contributed by atoms with van der Waals surface area (Å²) in [6.07, 6.45) is -19.4. The van der Waals surface area contributed by atoms with Crippen molar-refractivity contribution in [2.75, 3.05) is 27.4 Å². The van der Waals surface area contributed by atoms with Crippen molar-refractivity contribution in [1.29, 1.82) is 0 Å². The number of hydrogen-bond donors (Lipinski definition) is 8. The predicted octanol–water partition coefficient (Wildman–Crippen LogP) is -5.09. The molecule has 16 heteroatoms. The third kappa shape index (κ3) is 6.45. The van der Waals surface area contributed by atoms with E-state index in [1.807, 2.05) is 0 Å². The van der Waals surface area contributed by atoms with Gasteiger partial charge in [-0.15, -0.1) is 0 Å². The van der Waals surface area contributed by atoms with Gasteiger partial charge in [0.1, 0.15) is 67.1 Å². The Hall–Kier alpha value is -1.09. The van der Waals surface area contributed by atoms with Gasteiger partial charge in [0.25, 0.3) is 0 Å². The third-order valence-corrected chi connectivity index (χ3v) is 6.91. The van der Waals surface area contributed by atoms with E-state index < -0.39 is 111 Å². The Morgan fingerprint density at radius 1 is 0.711 bits per heavy atom. The summed E-state index contributed by atoms with van der Waals surface area (Å²) in [4.78, 5) is 12.1. The molecule has 222 valence electrons. The van der Waals surface area contributed by atoms with E-state index in [-0.39, 0.29) is 0 Å². The Bertz CT molecular complexity index is 760. The standard InChI is InChI=1S/C22H39NO15/c1-7-12(27)13(28)15(30)21(34-7)38-19-11(23-8(2)26)20(33-4)35-10(6-25)18(19)37-22-16(31)14(29)17(32-3)9(5-24)36-22/h7,9-22,24-25,27-31H,5-6H2,1-4H3,(H,23,26)/t7-,9+,10+,11+,12+,13+,14+,15-,16+,17-,18+,19+,20+,21-,22-/m0/s1. The molecule has 3 saturated heterocycles. The van der Waals surface area contributed by atoms with Crippen LogP contribution in [-0.2, 0) is 38.0 Å². The maximum Gasteiger partial charge on any atom is 0.217 e. The second-order valence-corrected chi connectivity index (χ2v) is 9.48. The van der Waals surface area contributed by atoms with Crippen molar-refractivity contribution in [2.45, 2.75) is 106 Å². The van der Waals surface area contributed by atoms with Crippen LogP contribution in [0.2, 0.25) is 0 Å². The number of methoxy groups -OCH3 is 2. The number of ether oxygens (including phenoxy) is 7. The highest BCUT2D eigenvalue weighted by Gasteiger charge is 2.54. The lowest BCUT2D eigenvalue weighted by molar-refractivity contribution is -0.372. The lowest BCUT2D eigenvalue weighted by Gasteiger charge is -2.50. The number of hydrogen-bond acceptors (Lipinski definition) is 15. The molecule has 0 unspecified atom stereocenters. The van der Waals surface area contributed by atoms with Crippen LogP contribution in [0.15, 0.2) is 0 Å². The van der Waals surface area contributed by atoms with E-state index in [0.717, 1.165) is 0 Å². The highest BCUT2D eigenvalue weighted by atomic mass is 16.8. The van der Waals surface area contributed by atoms with Gasteiger partial charge in [0.15, 0.2) is 18.9 Å². The molecule has 3 aliphatic rings. The molecule has 0 radical (unpaired) electrons. The Balaban J connectivity index is 1.95. The molecule has 3 heterocycles. The normalized spacial score (nSPS) is 48.0.